The van der Waals surface area contributed by atoms with Crippen LogP contribution in [0.4, 0.5) is 0 Å². The molecule has 5 rings (SSSR count). The zero-order valence-electron chi connectivity index (χ0n) is 38.8. The molecule has 1 heterocycles. The Morgan fingerprint density at radius 3 is 1.56 bits per heavy atom. The Labute approximate surface area is 361 Å². The quantitative estimate of drug-likeness (QED) is 0.0583. The maximum absolute atomic E-state index is 16.1. The van der Waals surface area contributed by atoms with Crippen LogP contribution in [-0.2, 0) is 27.9 Å². The van der Waals surface area contributed by atoms with Gasteiger partial charge in [-0.1, -0.05) is 152 Å². The number of hydrogen-bond donors (Lipinski definition) is 0. The highest BCUT2D eigenvalue weighted by molar-refractivity contribution is 7.88. The van der Waals surface area contributed by atoms with E-state index in [-0.39, 0.29) is 34.2 Å². The van der Waals surface area contributed by atoms with Crippen molar-refractivity contribution in [2.45, 2.75) is 185 Å². The molecule has 0 bridgehead atoms. The van der Waals surface area contributed by atoms with Crippen molar-refractivity contribution in [2.24, 2.45) is 5.92 Å². The minimum atomic E-state index is -4.52. The van der Waals surface area contributed by atoms with Crippen molar-refractivity contribution in [1.29, 1.82) is 0 Å². The highest BCUT2D eigenvalue weighted by atomic mass is 32.2. The third-order valence-electron chi connectivity index (χ3n) is 14.6. The monoisotopic (exact) mass is 860 g/mol. The van der Waals surface area contributed by atoms with Crippen LogP contribution in [0, 0.1) is 5.92 Å². The van der Waals surface area contributed by atoms with Crippen LogP contribution < -0.4 is 0 Å². The molecule has 2 fully saturated rings. The van der Waals surface area contributed by atoms with E-state index < -0.39 is 43.7 Å². The molecular formula is C50H77NO5SSi2. The van der Waals surface area contributed by atoms with E-state index >= 15 is 8.42 Å². The van der Waals surface area contributed by atoms with E-state index in [2.05, 4.69) is 106 Å². The molecule has 1 saturated heterocycles. The first-order valence-corrected chi connectivity index (χ1v) is 29.4. The predicted molar refractivity (Wildman–Crippen MR) is 252 cm³/mol. The number of likely N-dealkylation sites (tertiary alicyclic amines) is 1. The summed E-state index contributed by atoms with van der Waals surface area (Å²) in [4.78, 5) is 2.72. The SMILES string of the molecule is CCC(/C=C/[C@@H]1[C@H](OS(=O)(=O)C(c2ccccc2)(c2ccccc2)c2ccccc2)[C@@H](O[Si](CC)(CC)CC)C[C@H]1O[Si](C)(C)C(C)(C)C)N1C(C)(C)CCCC1(C)C. The lowest BCUT2D eigenvalue weighted by atomic mass is 9.78. The number of benzene rings is 3. The summed E-state index contributed by atoms with van der Waals surface area (Å²) in [5, 5.41) is -0.0473. The van der Waals surface area contributed by atoms with Gasteiger partial charge in [0.15, 0.2) is 21.4 Å². The molecule has 1 aliphatic heterocycles. The maximum Gasteiger partial charge on any atom is 0.286 e. The van der Waals surface area contributed by atoms with E-state index in [0.717, 1.165) is 37.4 Å². The lowest BCUT2D eigenvalue weighted by Gasteiger charge is -2.56. The summed E-state index contributed by atoms with van der Waals surface area (Å²) in [7, 11) is -9.12. The van der Waals surface area contributed by atoms with Crippen molar-refractivity contribution in [2.75, 3.05) is 0 Å². The van der Waals surface area contributed by atoms with Crippen molar-refractivity contribution in [1.82, 2.24) is 4.90 Å². The molecule has 1 unspecified atom stereocenters. The fraction of sp³-hybridized carbons (Fsp3) is 0.600. The molecule has 5 atom stereocenters. The predicted octanol–water partition coefficient (Wildman–Crippen LogP) is 12.9. The van der Waals surface area contributed by atoms with Gasteiger partial charge in [-0.25, -0.2) is 0 Å². The molecule has 9 heteroatoms. The van der Waals surface area contributed by atoms with Crippen LogP contribution in [-0.4, -0.2) is 65.4 Å². The van der Waals surface area contributed by atoms with Crippen molar-refractivity contribution in [3.8, 4) is 0 Å². The van der Waals surface area contributed by atoms with E-state index in [4.69, 9.17) is 13.0 Å². The molecule has 6 nitrogen and oxygen atoms in total. The first-order valence-electron chi connectivity index (χ1n) is 22.6. The summed E-state index contributed by atoms with van der Waals surface area (Å²) >= 11 is 0. The van der Waals surface area contributed by atoms with E-state index in [9.17, 15) is 0 Å². The van der Waals surface area contributed by atoms with Crippen LogP contribution in [0.1, 0.15) is 125 Å². The molecule has 0 spiro atoms. The molecule has 0 aromatic heterocycles. The van der Waals surface area contributed by atoms with Gasteiger partial charge in [-0.15, -0.1) is 0 Å². The van der Waals surface area contributed by atoms with Crippen molar-refractivity contribution < 1.29 is 21.5 Å². The van der Waals surface area contributed by atoms with E-state index in [1.54, 1.807) is 0 Å². The standard InChI is InChI=1S/C50H77NO5SSi2/c1-14-42(51-48(8,9)36-27-37-49(51,10)11)34-35-43-44(55-58(12,13)47(5,6)7)38-45(56-59(15-2,16-3)17-4)46(43)54-57(52,53)50(39-28-21-18-22-29-39,40-30-23-19-24-31-40)41-32-25-20-26-33-41/h18-26,28-35,42-46H,14-17,27,36-38H2,1-13H3/b35-34+/t42?,43-,44+,45-,46-/m0/s1. The van der Waals surface area contributed by atoms with Crippen LogP contribution >= 0.6 is 0 Å². The van der Waals surface area contributed by atoms with E-state index in [1.807, 2.05) is 91.0 Å². The Bertz CT molecular complexity index is 1800. The number of hydrogen-bond acceptors (Lipinski definition) is 6. The fourth-order valence-electron chi connectivity index (χ4n) is 10.2. The van der Waals surface area contributed by atoms with Crippen LogP contribution in [0.5, 0.6) is 0 Å². The third kappa shape index (κ3) is 9.67. The number of piperidine rings is 1. The smallest absolute Gasteiger partial charge is 0.286 e. The Morgan fingerprint density at radius 1 is 0.729 bits per heavy atom. The highest BCUT2D eigenvalue weighted by Crippen LogP contribution is 2.50. The van der Waals surface area contributed by atoms with Gasteiger partial charge in [0, 0.05) is 29.5 Å². The molecule has 1 aliphatic carbocycles. The second-order valence-corrected chi connectivity index (χ2v) is 31.3. The van der Waals surface area contributed by atoms with Gasteiger partial charge in [-0.2, -0.15) is 8.42 Å². The molecule has 59 heavy (non-hydrogen) atoms. The van der Waals surface area contributed by atoms with Crippen molar-refractivity contribution in [3.05, 3.63) is 120 Å². The van der Waals surface area contributed by atoms with Gasteiger partial charge in [0.25, 0.3) is 10.1 Å². The van der Waals surface area contributed by atoms with Gasteiger partial charge in [0.05, 0.1) is 12.2 Å². The lowest BCUT2D eigenvalue weighted by molar-refractivity contribution is -0.0489. The second kappa shape index (κ2) is 18.5. The first kappa shape index (κ1) is 47.7. The van der Waals surface area contributed by atoms with Crippen LogP contribution in [0.15, 0.2) is 103 Å². The summed E-state index contributed by atoms with van der Waals surface area (Å²) in [6.07, 6.45) is 8.09. The number of nitrogens with zero attached hydrogens (tertiary/aromatic N) is 1. The van der Waals surface area contributed by atoms with E-state index in [1.165, 1.54) is 6.42 Å². The fourth-order valence-corrected chi connectivity index (χ4v) is 16.4. The molecule has 1 saturated carbocycles. The number of rotatable bonds is 17. The average molecular weight is 860 g/mol. The molecule has 326 valence electrons. The minimum Gasteiger partial charge on any atom is -0.413 e. The van der Waals surface area contributed by atoms with Gasteiger partial charge in [0.2, 0.25) is 0 Å². The zero-order chi connectivity index (χ0) is 43.5. The Hall–Kier alpha value is -2.38. The summed E-state index contributed by atoms with van der Waals surface area (Å²) in [6, 6.07) is 31.8. The minimum absolute atomic E-state index is 0.0135. The highest BCUT2D eigenvalue weighted by Gasteiger charge is 2.57. The largest absolute Gasteiger partial charge is 0.413 e. The molecular weight excluding hydrogens is 783 g/mol. The molecule has 2 aliphatic rings. The van der Waals surface area contributed by atoms with Crippen molar-refractivity contribution in [3.63, 3.8) is 0 Å². The summed E-state index contributed by atoms with van der Waals surface area (Å²) in [6.45, 7) is 29.9. The molecule has 0 amide bonds. The first-order chi connectivity index (χ1) is 27.6. The van der Waals surface area contributed by atoms with E-state index in [0.29, 0.717) is 23.1 Å². The van der Waals surface area contributed by atoms with Gasteiger partial charge in [0.1, 0.15) is 6.10 Å². The average Bonchev–Trinajstić information content (AvgIpc) is 3.48. The summed E-state index contributed by atoms with van der Waals surface area (Å²) in [5.74, 6) is -0.369. The zero-order valence-corrected chi connectivity index (χ0v) is 41.6. The second-order valence-electron chi connectivity index (χ2n) is 20.1. The van der Waals surface area contributed by atoms with Gasteiger partial charge < -0.3 is 8.85 Å². The summed E-state index contributed by atoms with van der Waals surface area (Å²) < 4.78 is 52.5. The third-order valence-corrected chi connectivity index (χ3v) is 25.7. The Kier molecular flexibility index (Phi) is 15.0. The molecule has 0 N–H and O–H groups in total. The van der Waals surface area contributed by atoms with Crippen molar-refractivity contribution >= 4 is 26.8 Å². The Balaban J connectivity index is 1.76. The normalized spacial score (nSPS) is 23.7. The van der Waals surface area contributed by atoms with Gasteiger partial charge in [-0.05, 0) is 106 Å². The lowest BCUT2D eigenvalue weighted by Crippen LogP contribution is -2.62. The van der Waals surface area contributed by atoms with Gasteiger partial charge in [-0.3, -0.25) is 9.08 Å². The Morgan fingerprint density at radius 2 is 1.17 bits per heavy atom. The summed E-state index contributed by atoms with van der Waals surface area (Å²) in [5.41, 5.74) is 1.93. The molecule has 0 radical (unpaired) electrons. The van der Waals surface area contributed by atoms with Crippen LogP contribution in [0.2, 0.25) is 36.3 Å². The van der Waals surface area contributed by atoms with Gasteiger partial charge >= 0.3 is 0 Å². The van der Waals surface area contributed by atoms with Crippen LogP contribution in [0.3, 0.4) is 0 Å². The maximum atomic E-state index is 16.1. The van der Waals surface area contributed by atoms with Crippen LogP contribution in [0.25, 0.3) is 0 Å². The molecule has 3 aromatic rings. The topological polar surface area (TPSA) is 65.1 Å². The molecule has 3 aromatic carbocycles.